The van der Waals surface area contributed by atoms with Crippen molar-refractivity contribution in [2.45, 2.75) is 71.1 Å². The zero-order chi connectivity index (χ0) is 12.1. The number of rotatable bonds is 11. The van der Waals surface area contributed by atoms with Gasteiger partial charge in [0.15, 0.2) is 0 Å². The predicted molar refractivity (Wildman–Crippen MR) is 68.6 cm³/mol. The van der Waals surface area contributed by atoms with Crippen molar-refractivity contribution in [3.05, 3.63) is 12.2 Å². The van der Waals surface area contributed by atoms with Gasteiger partial charge in [0.25, 0.3) is 0 Å². The standard InChI is InChI=1S/C14H26O2/c1-2-3-4-5-6-7-8-9-10-11-12-13-14(15)16/h3-4H,2,5-13H2,1H3,(H,15,16)/b4-3+. The van der Waals surface area contributed by atoms with E-state index in [4.69, 9.17) is 5.11 Å². The van der Waals surface area contributed by atoms with Crippen LogP contribution in [0, 0.1) is 0 Å². The third-order valence-electron chi connectivity index (χ3n) is 2.66. The Morgan fingerprint density at radius 1 is 0.938 bits per heavy atom. The number of aliphatic carboxylic acids is 1. The summed E-state index contributed by atoms with van der Waals surface area (Å²) >= 11 is 0. The van der Waals surface area contributed by atoms with Gasteiger partial charge in [0.05, 0.1) is 0 Å². The normalized spacial score (nSPS) is 11.1. The molecule has 0 spiro atoms. The van der Waals surface area contributed by atoms with E-state index < -0.39 is 5.97 Å². The summed E-state index contributed by atoms with van der Waals surface area (Å²) in [5.41, 5.74) is 0. The second-order valence-electron chi connectivity index (χ2n) is 4.29. The summed E-state index contributed by atoms with van der Waals surface area (Å²) in [5.74, 6) is -0.664. The fourth-order valence-electron chi connectivity index (χ4n) is 1.71. The van der Waals surface area contributed by atoms with Crippen LogP contribution in [0.5, 0.6) is 0 Å². The Hall–Kier alpha value is -0.790. The summed E-state index contributed by atoms with van der Waals surface area (Å²) in [4.78, 5) is 10.3. The Bertz CT molecular complexity index is 185. The van der Waals surface area contributed by atoms with E-state index in [-0.39, 0.29) is 0 Å². The third-order valence-corrected chi connectivity index (χ3v) is 2.66. The summed E-state index contributed by atoms with van der Waals surface area (Å²) in [6.45, 7) is 2.16. The zero-order valence-corrected chi connectivity index (χ0v) is 10.6. The van der Waals surface area contributed by atoms with Gasteiger partial charge in [-0.25, -0.2) is 0 Å². The number of carboxylic acid groups (broad SMARTS) is 1. The quantitative estimate of drug-likeness (QED) is 0.414. The van der Waals surface area contributed by atoms with E-state index in [1.165, 1.54) is 38.5 Å². The molecule has 0 radical (unpaired) electrons. The molecule has 16 heavy (non-hydrogen) atoms. The molecule has 0 unspecified atom stereocenters. The highest BCUT2D eigenvalue weighted by Crippen LogP contribution is 2.09. The van der Waals surface area contributed by atoms with Crippen LogP contribution in [0.2, 0.25) is 0 Å². The van der Waals surface area contributed by atoms with E-state index >= 15 is 0 Å². The lowest BCUT2D eigenvalue weighted by molar-refractivity contribution is -0.137. The first kappa shape index (κ1) is 15.2. The molecule has 0 atom stereocenters. The fourth-order valence-corrected chi connectivity index (χ4v) is 1.71. The average molecular weight is 226 g/mol. The van der Waals surface area contributed by atoms with Crippen LogP contribution >= 0.6 is 0 Å². The lowest BCUT2D eigenvalue weighted by atomic mass is 10.1. The monoisotopic (exact) mass is 226 g/mol. The molecule has 2 nitrogen and oxygen atoms in total. The summed E-state index contributed by atoms with van der Waals surface area (Å²) < 4.78 is 0. The van der Waals surface area contributed by atoms with Crippen molar-refractivity contribution in [2.24, 2.45) is 0 Å². The van der Waals surface area contributed by atoms with Gasteiger partial charge in [-0.05, 0) is 25.7 Å². The molecule has 2 heteroatoms. The van der Waals surface area contributed by atoms with E-state index in [2.05, 4.69) is 19.1 Å². The number of allylic oxidation sites excluding steroid dienone is 2. The maximum absolute atomic E-state index is 10.3. The van der Waals surface area contributed by atoms with E-state index in [0.717, 1.165) is 19.3 Å². The Labute approximate surface area is 99.7 Å². The first-order chi connectivity index (χ1) is 7.77. The average Bonchev–Trinajstić information content (AvgIpc) is 2.25. The van der Waals surface area contributed by atoms with Gasteiger partial charge in [0, 0.05) is 6.42 Å². The zero-order valence-electron chi connectivity index (χ0n) is 10.6. The maximum atomic E-state index is 10.3. The van der Waals surface area contributed by atoms with E-state index in [1.54, 1.807) is 0 Å². The van der Waals surface area contributed by atoms with Crippen LogP contribution in [-0.2, 0) is 4.79 Å². The van der Waals surface area contributed by atoms with Gasteiger partial charge in [0.1, 0.15) is 0 Å². The van der Waals surface area contributed by atoms with Crippen molar-refractivity contribution >= 4 is 5.97 Å². The third kappa shape index (κ3) is 13.2. The predicted octanol–water partition coefficient (Wildman–Crippen LogP) is 4.55. The van der Waals surface area contributed by atoms with Crippen molar-refractivity contribution in [1.29, 1.82) is 0 Å². The van der Waals surface area contributed by atoms with Crippen molar-refractivity contribution in [3.8, 4) is 0 Å². The van der Waals surface area contributed by atoms with Gasteiger partial charge < -0.3 is 5.11 Å². The molecule has 0 aromatic heterocycles. The topological polar surface area (TPSA) is 37.3 Å². The van der Waals surface area contributed by atoms with Crippen molar-refractivity contribution in [3.63, 3.8) is 0 Å². The lowest BCUT2D eigenvalue weighted by Crippen LogP contribution is -1.93. The van der Waals surface area contributed by atoms with Gasteiger partial charge in [0.2, 0.25) is 0 Å². The van der Waals surface area contributed by atoms with Crippen LogP contribution in [0.25, 0.3) is 0 Å². The molecule has 0 fully saturated rings. The van der Waals surface area contributed by atoms with Gasteiger partial charge in [-0.2, -0.15) is 0 Å². The summed E-state index contributed by atoms with van der Waals surface area (Å²) in [6, 6.07) is 0. The molecular formula is C14H26O2. The van der Waals surface area contributed by atoms with Crippen LogP contribution in [0.15, 0.2) is 12.2 Å². The van der Waals surface area contributed by atoms with Gasteiger partial charge in [-0.1, -0.05) is 51.2 Å². The minimum Gasteiger partial charge on any atom is -0.481 e. The molecule has 0 aliphatic heterocycles. The molecule has 94 valence electrons. The van der Waals surface area contributed by atoms with Crippen LogP contribution in [0.4, 0.5) is 0 Å². The van der Waals surface area contributed by atoms with Gasteiger partial charge >= 0.3 is 5.97 Å². The van der Waals surface area contributed by atoms with Crippen LogP contribution < -0.4 is 0 Å². The Balaban J connectivity index is 2.98. The first-order valence-corrected chi connectivity index (χ1v) is 6.64. The number of hydrogen-bond donors (Lipinski definition) is 1. The number of carbonyl (C=O) groups is 1. The molecule has 0 saturated heterocycles. The lowest BCUT2D eigenvalue weighted by Gasteiger charge is -2.00. The molecule has 0 aliphatic rings. The number of hydrogen-bond acceptors (Lipinski definition) is 1. The van der Waals surface area contributed by atoms with E-state index in [1.807, 2.05) is 0 Å². The number of carboxylic acids is 1. The van der Waals surface area contributed by atoms with Gasteiger partial charge in [-0.3, -0.25) is 4.79 Å². The highest BCUT2D eigenvalue weighted by molar-refractivity contribution is 5.66. The SMILES string of the molecule is CC/C=C/CCCCCCCCCC(=O)O. The molecule has 0 heterocycles. The molecule has 0 aliphatic carbocycles. The van der Waals surface area contributed by atoms with E-state index in [9.17, 15) is 4.79 Å². The largest absolute Gasteiger partial charge is 0.481 e. The molecule has 0 rings (SSSR count). The Morgan fingerprint density at radius 3 is 2.06 bits per heavy atom. The minimum absolute atomic E-state index is 0.335. The maximum Gasteiger partial charge on any atom is 0.303 e. The summed E-state index contributed by atoms with van der Waals surface area (Å²) in [7, 11) is 0. The molecule has 0 bridgehead atoms. The molecule has 0 aromatic rings. The Morgan fingerprint density at radius 2 is 1.50 bits per heavy atom. The smallest absolute Gasteiger partial charge is 0.303 e. The Kier molecular flexibility index (Phi) is 11.7. The summed E-state index contributed by atoms with van der Waals surface area (Å²) in [6.07, 6.45) is 15.5. The van der Waals surface area contributed by atoms with E-state index in [0.29, 0.717) is 6.42 Å². The highest BCUT2D eigenvalue weighted by atomic mass is 16.4. The fraction of sp³-hybridized carbons (Fsp3) is 0.786. The van der Waals surface area contributed by atoms with Crippen LogP contribution in [-0.4, -0.2) is 11.1 Å². The second-order valence-corrected chi connectivity index (χ2v) is 4.29. The van der Waals surface area contributed by atoms with Crippen LogP contribution in [0.3, 0.4) is 0 Å². The molecular weight excluding hydrogens is 200 g/mol. The van der Waals surface area contributed by atoms with Crippen molar-refractivity contribution in [1.82, 2.24) is 0 Å². The number of unbranched alkanes of at least 4 members (excludes halogenated alkanes) is 7. The van der Waals surface area contributed by atoms with Crippen LogP contribution in [0.1, 0.15) is 71.1 Å². The molecule has 1 N–H and O–H groups in total. The summed E-state index contributed by atoms with van der Waals surface area (Å²) in [5, 5.41) is 8.45. The first-order valence-electron chi connectivity index (χ1n) is 6.64. The van der Waals surface area contributed by atoms with Crippen molar-refractivity contribution in [2.75, 3.05) is 0 Å². The van der Waals surface area contributed by atoms with Gasteiger partial charge in [-0.15, -0.1) is 0 Å². The highest BCUT2D eigenvalue weighted by Gasteiger charge is 1.96. The molecule has 0 amide bonds. The molecule has 0 saturated carbocycles. The van der Waals surface area contributed by atoms with Crippen molar-refractivity contribution < 1.29 is 9.90 Å². The second kappa shape index (κ2) is 12.3. The minimum atomic E-state index is -0.664. The molecule has 0 aromatic carbocycles.